The fourth-order valence-electron chi connectivity index (χ4n) is 2.78. The molecule has 1 aromatic heterocycles. The van der Waals surface area contributed by atoms with Crippen LogP contribution < -0.4 is 0 Å². The van der Waals surface area contributed by atoms with Crippen molar-refractivity contribution in [1.29, 1.82) is 0 Å². The highest BCUT2D eigenvalue weighted by Gasteiger charge is 2.26. The Hall–Kier alpha value is -2.03. The molecular weight excluding hydrogens is 226 g/mol. The second-order valence-corrected chi connectivity index (χ2v) is 4.85. The van der Waals surface area contributed by atoms with Crippen LogP contribution in [0.25, 0.3) is 0 Å². The van der Waals surface area contributed by atoms with Gasteiger partial charge in [-0.15, -0.1) is 0 Å². The number of hydrogen-bond acceptors (Lipinski definition) is 1. The third-order valence-electron chi connectivity index (χ3n) is 3.67. The van der Waals surface area contributed by atoms with Crippen molar-refractivity contribution in [3.8, 4) is 0 Å². The van der Waals surface area contributed by atoms with Gasteiger partial charge in [0, 0.05) is 5.69 Å². The van der Waals surface area contributed by atoms with E-state index in [0.717, 1.165) is 25.0 Å². The Balaban J connectivity index is 1.84. The largest absolute Gasteiger partial charge is 0.477 e. The first-order valence-corrected chi connectivity index (χ1v) is 6.23. The molecule has 0 unspecified atom stereocenters. The second-order valence-electron chi connectivity index (χ2n) is 4.85. The Kier molecular flexibility index (Phi) is 2.67. The van der Waals surface area contributed by atoms with Gasteiger partial charge < -0.3 is 10.1 Å². The van der Waals surface area contributed by atoms with Crippen molar-refractivity contribution in [1.82, 2.24) is 4.98 Å². The summed E-state index contributed by atoms with van der Waals surface area (Å²) in [5.74, 6) is -0.422. The molecule has 2 aromatic rings. The van der Waals surface area contributed by atoms with Gasteiger partial charge in [0.1, 0.15) is 5.69 Å². The van der Waals surface area contributed by atoms with E-state index in [9.17, 15) is 4.79 Å². The van der Waals surface area contributed by atoms with Gasteiger partial charge in [0.2, 0.25) is 0 Å². The van der Waals surface area contributed by atoms with E-state index in [2.05, 4.69) is 17.1 Å². The van der Waals surface area contributed by atoms with Gasteiger partial charge >= 0.3 is 5.97 Å². The van der Waals surface area contributed by atoms with Crippen LogP contribution in [0.5, 0.6) is 0 Å². The maximum atomic E-state index is 10.9. The first-order valence-electron chi connectivity index (χ1n) is 6.23. The minimum Gasteiger partial charge on any atom is -0.477 e. The molecule has 1 heterocycles. The summed E-state index contributed by atoms with van der Waals surface area (Å²) in [7, 11) is 0. The predicted octanol–water partition coefficient (Wildman–Crippen LogP) is 2.99. The highest BCUT2D eigenvalue weighted by atomic mass is 16.4. The van der Waals surface area contributed by atoms with E-state index in [-0.39, 0.29) is 0 Å². The Morgan fingerprint density at radius 2 is 2.11 bits per heavy atom. The van der Waals surface area contributed by atoms with Crippen molar-refractivity contribution in [2.45, 2.75) is 25.2 Å². The highest BCUT2D eigenvalue weighted by molar-refractivity contribution is 5.86. The lowest BCUT2D eigenvalue weighted by Gasteiger charge is -2.09. The standard InChI is InChI=1S/C15H15NO2/c17-15(18)14-9-12-11(6-7-13(12)16-14)8-10-4-2-1-3-5-10/h1-5,9,11,16H,6-8H2,(H,17,18)/t11-/m1/s1. The quantitative estimate of drug-likeness (QED) is 0.868. The molecule has 1 aromatic carbocycles. The fourth-order valence-corrected chi connectivity index (χ4v) is 2.78. The molecule has 1 aliphatic carbocycles. The molecule has 2 N–H and O–H groups in total. The Morgan fingerprint density at radius 1 is 1.33 bits per heavy atom. The van der Waals surface area contributed by atoms with Gasteiger partial charge in [-0.1, -0.05) is 30.3 Å². The van der Waals surface area contributed by atoms with Crippen LogP contribution in [-0.2, 0) is 12.8 Å². The number of aryl methyl sites for hydroxylation is 1. The average molecular weight is 241 g/mol. The van der Waals surface area contributed by atoms with Gasteiger partial charge in [0.15, 0.2) is 0 Å². The molecule has 0 radical (unpaired) electrons. The summed E-state index contributed by atoms with van der Waals surface area (Å²) in [5.41, 5.74) is 3.93. The summed E-state index contributed by atoms with van der Waals surface area (Å²) in [6.45, 7) is 0. The van der Waals surface area contributed by atoms with Crippen LogP contribution in [-0.4, -0.2) is 16.1 Å². The number of aromatic amines is 1. The molecule has 0 saturated carbocycles. The summed E-state index contributed by atoms with van der Waals surface area (Å²) in [4.78, 5) is 13.9. The van der Waals surface area contributed by atoms with E-state index in [1.165, 1.54) is 11.1 Å². The zero-order valence-electron chi connectivity index (χ0n) is 10.0. The summed E-state index contributed by atoms with van der Waals surface area (Å²) in [6.07, 6.45) is 3.06. The lowest BCUT2D eigenvalue weighted by atomic mass is 9.95. The Morgan fingerprint density at radius 3 is 2.83 bits per heavy atom. The molecule has 1 atom stereocenters. The molecule has 0 bridgehead atoms. The SMILES string of the molecule is O=C(O)c1cc2c([nH]1)CC[C@@H]2Cc1ccccc1. The number of aromatic nitrogens is 1. The molecule has 1 aliphatic rings. The number of carbonyl (C=O) groups is 1. The molecular formula is C15H15NO2. The summed E-state index contributed by atoms with van der Waals surface area (Å²) < 4.78 is 0. The number of hydrogen-bond donors (Lipinski definition) is 2. The van der Waals surface area contributed by atoms with Gasteiger partial charge in [-0.25, -0.2) is 4.79 Å². The molecule has 92 valence electrons. The third kappa shape index (κ3) is 1.92. The molecule has 0 spiro atoms. The number of carboxylic acids is 1. The minimum atomic E-state index is -0.872. The summed E-state index contributed by atoms with van der Waals surface area (Å²) >= 11 is 0. The molecule has 0 saturated heterocycles. The van der Waals surface area contributed by atoms with Crippen LogP contribution in [0.4, 0.5) is 0 Å². The maximum absolute atomic E-state index is 10.9. The molecule has 0 fully saturated rings. The first kappa shape index (κ1) is 11.1. The van der Waals surface area contributed by atoms with Crippen molar-refractivity contribution in [3.63, 3.8) is 0 Å². The van der Waals surface area contributed by atoms with Gasteiger partial charge in [-0.05, 0) is 42.4 Å². The van der Waals surface area contributed by atoms with Crippen molar-refractivity contribution >= 4 is 5.97 Å². The van der Waals surface area contributed by atoms with Gasteiger partial charge in [-0.3, -0.25) is 0 Å². The van der Waals surface area contributed by atoms with Crippen LogP contribution in [0, 0.1) is 0 Å². The molecule has 0 amide bonds. The number of aromatic carboxylic acids is 1. The van der Waals surface area contributed by atoms with E-state index < -0.39 is 5.97 Å². The lowest BCUT2D eigenvalue weighted by Crippen LogP contribution is -1.99. The minimum absolute atomic E-state index is 0.317. The van der Waals surface area contributed by atoms with Crippen molar-refractivity contribution in [3.05, 3.63) is 58.9 Å². The predicted molar refractivity (Wildman–Crippen MR) is 69.0 cm³/mol. The van der Waals surface area contributed by atoms with Crippen molar-refractivity contribution < 1.29 is 9.90 Å². The number of carboxylic acid groups (broad SMARTS) is 1. The molecule has 3 heteroatoms. The summed E-state index contributed by atoms with van der Waals surface area (Å²) in [6, 6.07) is 12.2. The maximum Gasteiger partial charge on any atom is 0.352 e. The van der Waals surface area contributed by atoms with Crippen LogP contribution in [0.1, 0.15) is 39.6 Å². The zero-order chi connectivity index (χ0) is 12.5. The fraction of sp³-hybridized carbons (Fsp3) is 0.267. The molecule has 0 aliphatic heterocycles. The molecule has 3 nitrogen and oxygen atoms in total. The lowest BCUT2D eigenvalue weighted by molar-refractivity contribution is 0.0691. The smallest absolute Gasteiger partial charge is 0.352 e. The van der Waals surface area contributed by atoms with Crippen LogP contribution in [0.15, 0.2) is 36.4 Å². The van der Waals surface area contributed by atoms with E-state index in [0.29, 0.717) is 11.6 Å². The summed E-state index contributed by atoms with van der Waals surface area (Å²) in [5, 5.41) is 8.99. The Labute approximate surface area is 105 Å². The number of benzene rings is 1. The van der Waals surface area contributed by atoms with Crippen LogP contribution in [0.2, 0.25) is 0 Å². The average Bonchev–Trinajstić information content (AvgIpc) is 2.93. The van der Waals surface area contributed by atoms with E-state index >= 15 is 0 Å². The monoisotopic (exact) mass is 241 g/mol. The highest BCUT2D eigenvalue weighted by Crippen LogP contribution is 2.35. The number of nitrogens with one attached hydrogen (secondary N) is 1. The topological polar surface area (TPSA) is 53.1 Å². The molecule has 18 heavy (non-hydrogen) atoms. The van der Waals surface area contributed by atoms with E-state index in [1.807, 2.05) is 18.2 Å². The van der Waals surface area contributed by atoms with Gasteiger partial charge in [0.25, 0.3) is 0 Å². The molecule has 3 rings (SSSR count). The second kappa shape index (κ2) is 4.33. The van der Waals surface area contributed by atoms with Crippen LogP contribution in [0.3, 0.4) is 0 Å². The van der Waals surface area contributed by atoms with Gasteiger partial charge in [0.05, 0.1) is 0 Å². The van der Waals surface area contributed by atoms with Crippen molar-refractivity contribution in [2.24, 2.45) is 0 Å². The third-order valence-corrected chi connectivity index (χ3v) is 3.67. The normalized spacial score (nSPS) is 17.7. The van der Waals surface area contributed by atoms with Crippen LogP contribution >= 0.6 is 0 Å². The van der Waals surface area contributed by atoms with E-state index in [4.69, 9.17) is 5.11 Å². The Bertz CT molecular complexity index is 571. The van der Waals surface area contributed by atoms with E-state index in [1.54, 1.807) is 6.07 Å². The van der Waals surface area contributed by atoms with Crippen molar-refractivity contribution in [2.75, 3.05) is 0 Å². The number of fused-ring (bicyclic) bond motifs is 1. The number of H-pyrrole nitrogens is 1. The first-order chi connectivity index (χ1) is 8.74. The van der Waals surface area contributed by atoms with Gasteiger partial charge in [-0.2, -0.15) is 0 Å². The number of rotatable bonds is 3. The zero-order valence-corrected chi connectivity index (χ0v) is 10.0.